The van der Waals surface area contributed by atoms with Crippen molar-refractivity contribution in [2.24, 2.45) is 0 Å². The van der Waals surface area contributed by atoms with Gasteiger partial charge >= 0.3 is 0 Å². The summed E-state index contributed by atoms with van der Waals surface area (Å²) in [6.45, 7) is 1.74. The number of amides is 1. The molecule has 0 aliphatic carbocycles. The van der Waals surface area contributed by atoms with Crippen molar-refractivity contribution in [1.29, 1.82) is 0 Å². The molecule has 0 atom stereocenters. The fraction of sp³-hybridized carbons (Fsp3) is 0.167. The summed E-state index contributed by atoms with van der Waals surface area (Å²) in [5, 5.41) is 21.2. The highest BCUT2D eigenvalue weighted by Gasteiger charge is 2.16. The minimum Gasteiger partial charge on any atom is -0.491 e. The Morgan fingerprint density at radius 3 is 1.97 bits per heavy atom. The predicted octanol–water partition coefficient (Wildman–Crippen LogP) is 5.60. The van der Waals surface area contributed by atoms with E-state index in [1.807, 2.05) is 31.2 Å². The molecular weight excluding hydrogens is 492 g/mol. The maximum Gasteiger partial charge on any atom is 0.255 e. The van der Waals surface area contributed by atoms with Gasteiger partial charge in [-0.3, -0.25) is 4.79 Å². The van der Waals surface area contributed by atoms with E-state index >= 15 is 0 Å². The maximum absolute atomic E-state index is 13.9. The Bertz CT molecular complexity index is 1420. The van der Waals surface area contributed by atoms with Crippen LogP contribution in [0.3, 0.4) is 0 Å². The first kappa shape index (κ1) is 26.8. The molecule has 4 aromatic rings. The molecule has 38 heavy (non-hydrogen) atoms. The number of aryl methyl sites for hydroxylation is 1. The number of aliphatic hydroxyl groups excluding tert-OH is 2. The minimum atomic E-state index is -1.03. The van der Waals surface area contributed by atoms with E-state index in [0.717, 1.165) is 28.8 Å². The number of nitrogens with one attached hydrogen (secondary N) is 1. The standard InChI is InChI=1S/C30H27F2NO5/c1-19-2-4-20(5-3-19)25-18-23(8-11-29(25)38-15-13-35)33-30(36)22-7-10-28(37-14-12-34)24(16-22)21-6-9-26(31)27(32)17-21/h2-11,16-18,34-35H,12-15H2,1H3,(H,33,36). The quantitative estimate of drug-likeness (QED) is 0.254. The largest absolute Gasteiger partial charge is 0.491 e. The molecule has 0 fully saturated rings. The molecule has 0 spiro atoms. The van der Waals surface area contributed by atoms with Gasteiger partial charge in [-0.05, 0) is 66.6 Å². The third-order valence-electron chi connectivity index (χ3n) is 5.77. The van der Waals surface area contributed by atoms with Gasteiger partial charge in [0.15, 0.2) is 11.6 Å². The summed E-state index contributed by atoms with van der Waals surface area (Å²) in [5.41, 5.74) is 4.18. The van der Waals surface area contributed by atoms with Gasteiger partial charge in [-0.25, -0.2) is 8.78 Å². The van der Waals surface area contributed by atoms with Crippen molar-refractivity contribution in [2.45, 2.75) is 6.92 Å². The molecule has 4 rings (SSSR count). The first-order chi connectivity index (χ1) is 18.4. The van der Waals surface area contributed by atoms with Crippen LogP contribution in [-0.4, -0.2) is 42.5 Å². The minimum absolute atomic E-state index is 0.00525. The zero-order valence-electron chi connectivity index (χ0n) is 20.7. The summed E-state index contributed by atoms with van der Waals surface area (Å²) in [6.07, 6.45) is 0. The Labute approximate surface area is 219 Å². The molecule has 0 radical (unpaired) electrons. The molecule has 0 heterocycles. The summed E-state index contributed by atoms with van der Waals surface area (Å²) in [7, 11) is 0. The van der Waals surface area contributed by atoms with Gasteiger partial charge in [0.1, 0.15) is 24.7 Å². The van der Waals surface area contributed by atoms with E-state index in [2.05, 4.69) is 5.32 Å². The number of ether oxygens (including phenoxy) is 2. The van der Waals surface area contributed by atoms with Crippen molar-refractivity contribution in [1.82, 2.24) is 0 Å². The Hall–Kier alpha value is -4.27. The summed E-state index contributed by atoms with van der Waals surface area (Å²) >= 11 is 0. The van der Waals surface area contributed by atoms with Gasteiger partial charge in [-0.2, -0.15) is 0 Å². The molecule has 1 amide bonds. The topological polar surface area (TPSA) is 88.0 Å². The number of carbonyl (C=O) groups excluding carboxylic acids is 1. The van der Waals surface area contributed by atoms with E-state index in [-0.39, 0.29) is 32.0 Å². The Balaban J connectivity index is 1.66. The second kappa shape index (κ2) is 12.3. The van der Waals surface area contributed by atoms with E-state index in [1.54, 1.807) is 30.3 Å². The van der Waals surface area contributed by atoms with E-state index in [1.165, 1.54) is 12.1 Å². The summed E-state index contributed by atoms with van der Waals surface area (Å²) in [6, 6.07) is 21.1. The van der Waals surface area contributed by atoms with E-state index in [9.17, 15) is 18.7 Å². The lowest BCUT2D eigenvalue weighted by Gasteiger charge is -2.15. The second-order valence-electron chi connectivity index (χ2n) is 8.52. The van der Waals surface area contributed by atoms with Crippen LogP contribution in [0.2, 0.25) is 0 Å². The highest BCUT2D eigenvalue weighted by atomic mass is 19.2. The zero-order chi connectivity index (χ0) is 27.1. The van der Waals surface area contributed by atoms with Crippen molar-refractivity contribution in [2.75, 3.05) is 31.7 Å². The second-order valence-corrected chi connectivity index (χ2v) is 8.52. The number of anilines is 1. The molecule has 6 nitrogen and oxygen atoms in total. The van der Waals surface area contributed by atoms with Gasteiger partial charge in [0.2, 0.25) is 0 Å². The lowest BCUT2D eigenvalue weighted by molar-refractivity contribution is 0.102. The summed E-state index contributed by atoms with van der Waals surface area (Å²) in [4.78, 5) is 13.2. The van der Waals surface area contributed by atoms with Crippen molar-refractivity contribution in [3.8, 4) is 33.8 Å². The van der Waals surface area contributed by atoms with Crippen LogP contribution in [0, 0.1) is 18.6 Å². The molecule has 0 aromatic heterocycles. The van der Waals surface area contributed by atoms with Crippen LogP contribution in [0.5, 0.6) is 11.5 Å². The highest BCUT2D eigenvalue weighted by molar-refractivity contribution is 6.05. The maximum atomic E-state index is 13.9. The molecular formula is C30H27F2NO5. The first-order valence-electron chi connectivity index (χ1n) is 12.0. The Morgan fingerprint density at radius 1 is 0.737 bits per heavy atom. The number of hydrogen-bond acceptors (Lipinski definition) is 5. The molecule has 3 N–H and O–H groups in total. The van der Waals surface area contributed by atoms with E-state index in [4.69, 9.17) is 14.6 Å². The molecule has 0 saturated heterocycles. The van der Waals surface area contributed by atoms with Crippen LogP contribution in [0.1, 0.15) is 15.9 Å². The van der Waals surface area contributed by atoms with Crippen molar-refractivity contribution in [3.63, 3.8) is 0 Å². The SMILES string of the molecule is Cc1ccc(-c2cc(NC(=O)c3ccc(OCCO)c(-c4ccc(F)c(F)c4)c3)ccc2OCCO)cc1. The number of hydrogen-bond donors (Lipinski definition) is 3. The van der Waals surface area contributed by atoms with Crippen LogP contribution >= 0.6 is 0 Å². The van der Waals surface area contributed by atoms with Crippen LogP contribution < -0.4 is 14.8 Å². The number of aliphatic hydroxyl groups is 2. The van der Waals surface area contributed by atoms with Crippen molar-refractivity contribution >= 4 is 11.6 Å². The van der Waals surface area contributed by atoms with Gasteiger partial charge in [-0.1, -0.05) is 35.9 Å². The molecule has 0 bridgehead atoms. The van der Waals surface area contributed by atoms with Crippen LogP contribution in [0.15, 0.2) is 78.9 Å². The molecule has 4 aromatic carbocycles. The lowest BCUT2D eigenvalue weighted by Crippen LogP contribution is -2.13. The van der Waals surface area contributed by atoms with Crippen LogP contribution in [0.4, 0.5) is 14.5 Å². The monoisotopic (exact) mass is 519 g/mol. The molecule has 196 valence electrons. The fourth-order valence-corrected chi connectivity index (χ4v) is 3.89. The number of carbonyl (C=O) groups is 1. The number of rotatable bonds is 10. The van der Waals surface area contributed by atoms with Gasteiger partial charge in [0.25, 0.3) is 5.91 Å². The molecule has 0 saturated carbocycles. The average molecular weight is 520 g/mol. The Morgan fingerprint density at radius 2 is 1.34 bits per heavy atom. The molecule has 8 heteroatoms. The molecule has 0 aliphatic heterocycles. The van der Waals surface area contributed by atoms with E-state index < -0.39 is 17.5 Å². The average Bonchev–Trinajstić information content (AvgIpc) is 2.93. The number of benzene rings is 4. The third kappa shape index (κ3) is 6.34. The third-order valence-corrected chi connectivity index (χ3v) is 5.77. The molecule has 0 aliphatic rings. The van der Waals surface area contributed by atoms with Crippen LogP contribution in [0.25, 0.3) is 22.3 Å². The van der Waals surface area contributed by atoms with Gasteiger partial charge in [0, 0.05) is 22.4 Å². The highest BCUT2D eigenvalue weighted by Crippen LogP contribution is 2.35. The normalized spacial score (nSPS) is 10.8. The van der Waals surface area contributed by atoms with E-state index in [0.29, 0.717) is 28.3 Å². The zero-order valence-corrected chi connectivity index (χ0v) is 20.7. The Kier molecular flexibility index (Phi) is 8.68. The number of halogens is 2. The molecule has 0 unspecified atom stereocenters. The first-order valence-corrected chi connectivity index (χ1v) is 12.0. The van der Waals surface area contributed by atoms with Crippen molar-refractivity contribution in [3.05, 3.63) is 102 Å². The van der Waals surface area contributed by atoms with Gasteiger partial charge < -0.3 is 25.0 Å². The summed E-state index contributed by atoms with van der Waals surface area (Å²) < 4.78 is 38.7. The fourth-order valence-electron chi connectivity index (χ4n) is 3.89. The van der Waals surface area contributed by atoms with Gasteiger partial charge in [0.05, 0.1) is 13.2 Å². The lowest BCUT2D eigenvalue weighted by atomic mass is 10.0. The van der Waals surface area contributed by atoms with Crippen molar-refractivity contribution < 1.29 is 33.3 Å². The smallest absolute Gasteiger partial charge is 0.255 e. The van der Waals surface area contributed by atoms with Crippen LogP contribution in [-0.2, 0) is 0 Å². The predicted molar refractivity (Wildman–Crippen MR) is 142 cm³/mol. The van der Waals surface area contributed by atoms with Gasteiger partial charge in [-0.15, -0.1) is 0 Å². The summed E-state index contributed by atoms with van der Waals surface area (Å²) in [5.74, 6) is -1.57.